The zero-order valence-corrected chi connectivity index (χ0v) is 12.5. The van der Waals surface area contributed by atoms with Gasteiger partial charge in [-0.25, -0.2) is 0 Å². The van der Waals surface area contributed by atoms with Crippen molar-refractivity contribution in [3.8, 4) is 17.2 Å². The van der Waals surface area contributed by atoms with Gasteiger partial charge in [-0.3, -0.25) is 0 Å². The Balaban J connectivity index is 2.36. The number of unbranched alkanes of at least 4 members (excludes halogenated alkanes) is 1. The average Bonchev–Trinajstić information content (AvgIpc) is 2.46. The van der Waals surface area contributed by atoms with Gasteiger partial charge in [-0.05, 0) is 19.3 Å². The molecular formula is C14H23NO3S. The maximum atomic E-state index is 5.79. The van der Waals surface area contributed by atoms with Crippen molar-refractivity contribution in [2.24, 2.45) is 5.73 Å². The van der Waals surface area contributed by atoms with Gasteiger partial charge in [-0.1, -0.05) is 0 Å². The number of hydrogen-bond donors (Lipinski definition) is 2. The molecule has 0 fully saturated rings. The van der Waals surface area contributed by atoms with Crippen molar-refractivity contribution in [1.29, 1.82) is 0 Å². The van der Waals surface area contributed by atoms with E-state index in [9.17, 15) is 0 Å². The van der Waals surface area contributed by atoms with E-state index in [1.165, 1.54) is 0 Å². The van der Waals surface area contributed by atoms with Crippen molar-refractivity contribution in [1.82, 2.24) is 0 Å². The highest BCUT2D eigenvalue weighted by atomic mass is 32.1. The molecule has 108 valence electrons. The second-order valence-electron chi connectivity index (χ2n) is 4.34. The van der Waals surface area contributed by atoms with Gasteiger partial charge >= 0.3 is 0 Å². The van der Waals surface area contributed by atoms with Crippen LogP contribution in [0.4, 0.5) is 0 Å². The lowest BCUT2D eigenvalue weighted by Crippen LogP contribution is -2.21. The monoisotopic (exact) mass is 285 g/mol. The number of rotatable bonds is 9. The van der Waals surface area contributed by atoms with E-state index >= 15 is 0 Å². The van der Waals surface area contributed by atoms with Crippen molar-refractivity contribution in [2.75, 3.05) is 26.6 Å². The molecule has 1 aromatic rings. The van der Waals surface area contributed by atoms with Gasteiger partial charge in [0, 0.05) is 30.0 Å². The molecule has 0 radical (unpaired) electrons. The maximum absolute atomic E-state index is 5.79. The molecule has 0 aromatic heterocycles. The molecule has 1 atom stereocenters. The number of nitrogens with two attached hydrogens (primary N) is 1. The Hall–Kier alpha value is -1.07. The van der Waals surface area contributed by atoms with E-state index in [1.807, 2.05) is 18.2 Å². The Morgan fingerprint density at radius 3 is 2.16 bits per heavy atom. The summed E-state index contributed by atoms with van der Waals surface area (Å²) in [5, 5.41) is 0. The van der Waals surface area contributed by atoms with Gasteiger partial charge in [0.1, 0.15) is 17.2 Å². The molecule has 0 unspecified atom stereocenters. The van der Waals surface area contributed by atoms with Gasteiger partial charge in [0.05, 0.1) is 20.8 Å². The zero-order chi connectivity index (χ0) is 14.1. The maximum Gasteiger partial charge on any atom is 0.126 e. The molecular weight excluding hydrogens is 262 g/mol. The van der Waals surface area contributed by atoms with Crippen LogP contribution in [0.5, 0.6) is 17.2 Å². The molecule has 0 bridgehead atoms. The van der Waals surface area contributed by atoms with Crippen LogP contribution in [-0.4, -0.2) is 32.6 Å². The number of methoxy groups -OCH3 is 2. The molecule has 0 saturated heterocycles. The third-order valence-electron chi connectivity index (χ3n) is 2.80. The van der Waals surface area contributed by atoms with Gasteiger partial charge < -0.3 is 19.9 Å². The summed E-state index contributed by atoms with van der Waals surface area (Å²) in [4.78, 5) is 0. The van der Waals surface area contributed by atoms with Gasteiger partial charge in [-0.2, -0.15) is 12.6 Å². The van der Waals surface area contributed by atoms with E-state index in [2.05, 4.69) is 12.6 Å². The van der Waals surface area contributed by atoms with Crippen molar-refractivity contribution >= 4 is 12.6 Å². The van der Waals surface area contributed by atoms with Crippen molar-refractivity contribution in [3.63, 3.8) is 0 Å². The lowest BCUT2D eigenvalue weighted by Gasteiger charge is -2.11. The third kappa shape index (κ3) is 6.07. The quantitative estimate of drug-likeness (QED) is 0.541. The molecule has 4 nitrogen and oxygen atoms in total. The summed E-state index contributed by atoms with van der Waals surface area (Å²) < 4.78 is 16.1. The molecule has 2 N–H and O–H groups in total. The predicted octanol–water partition coefficient (Wildman–Crippen LogP) is 2.51. The van der Waals surface area contributed by atoms with Crippen LogP contribution in [-0.2, 0) is 0 Å². The highest BCUT2D eigenvalue weighted by Crippen LogP contribution is 2.27. The minimum Gasteiger partial charge on any atom is -0.496 e. The Labute approximate surface area is 120 Å². The first-order valence-corrected chi connectivity index (χ1v) is 7.05. The Bertz CT molecular complexity index is 351. The normalized spacial score (nSPS) is 12.0. The van der Waals surface area contributed by atoms with E-state index < -0.39 is 0 Å². The topological polar surface area (TPSA) is 53.7 Å². The molecule has 0 spiro atoms. The minimum atomic E-state index is 0.181. The van der Waals surface area contributed by atoms with Crippen molar-refractivity contribution in [2.45, 2.75) is 25.3 Å². The number of benzene rings is 1. The molecule has 0 amide bonds. The van der Waals surface area contributed by atoms with Crippen LogP contribution in [0.3, 0.4) is 0 Å². The molecule has 19 heavy (non-hydrogen) atoms. The van der Waals surface area contributed by atoms with E-state index in [4.69, 9.17) is 19.9 Å². The lowest BCUT2D eigenvalue weighted by molar-refractivity contribution is 0.299. The summed E-state index contributed by atoms with van der Waals surface area (Å²) in [6.07, 6.45) is 3.00. The fourth-order valence-electron chi connectivity index (χ4n) is 1.65. The van der Waals surface area contributed by atoms with Gasteiger partial charge in [0.25, 0.3) is 0 Å². The van der Waals surface area contributed by atoms with Crippen LogP contribution >= 0.6 is 12.6 Å². The fraction of sp³-hybridized carbons (Fsp3) is 0.571. The predicted molar refractivity (Wildman–Crippen MR) is 80.7 cm³/mol. The van der Waals surface area contributed by atoms with E-state index in [1.54, 1.807) is 14.2 Å². The molecule has 0 heterocycles. The highest BCUT2D eigenvalue weighted by Gasteiger charge is 2.03. The number of thiol groups is 1. The van der Waals surface area contributed by atoms with Crippen molar-refractivity contribution in [3.05, 3.63) is 18.2 Å². The molecule has 1 aromatic carbocycles. The van der Waals surface area contributed by atoms with Crippen LogP contribution in [0.25, 0.3) is 0 Å². The zero-order valence-electron chi connectivity index (χ0n) is 11.6. The second-order valence-corrected chi connectivity index (χ2v) is 4.70. The van der Waals surface area contributed by atoms with E-state index in [-0.39, 0.29) is 6.04 Å². The lowest BCUT2D eigenvalue weighted by atomic mass is 10.1. The van der Waals surface area contributed by atoms with Crippen LogP contribution in [0, 0.1) is 0 Å². The second kappa shape index (κ2) is 8.93. The minimum absolute atomic E-state index is 0.181. The first-order chi connectivity index (χ1) is 9.19. The SMILES string of the molecule is COc1cc(OC)cc(OCCCC[C@@H](N)CS)c1. The van der Waals surface area contributed by atoms with Gasteiger partial charge in [-0.15, -0.1) is 0 Å². The van der Waals surface area contributed by atoms with Crippen LogP contribution < -0.4 is 19.9 Å². The summed E-state index contributed by atoms with van der Waals surface area (Å²) in [6.45, 7) is 0.662. The average molecular weight is 285 g/mol. The first-order valence-electron chi connectivity index (χ1n) is 6.42. The molecule has 5 heteroatoms. The summed E-state index contributed by atoms with van der Waals surface area (Å²) in [6, 6.07) is 5.70. The van der Waals surface area contributed by atoms with Gasteiger partial charge in [0.15, 0.2) is 0 Å². The van der Waals surface area contributed by atoms with Crippen LogP contribution in [0.15, 0.2) is 18.2 Å². The van der Waals surface area contributed by atoms with Crippen molar-refractivity contribution < 1.29 is 14.2 Å². The molecule has 0 aliphatic carbocycles. The third-order valence-corrected chi connectivity index (χ3v) is 3.27. The summed E-state index contributed by atoms with van der Waals surface area (Å²) in [5.74, 6) is 2.95. The van der Waals surface area contributed by atoms with E-state index in [0.29, 0.717) is 6.61 Å². The Morgan fingerprint density at radius 1 is 1.05 bits per heavy atom. The summed E-state index contributed by atoms with van der Waals surface area (Å²) in [7, 11) is 3.24. The number of hydrogen-bond acceptors (Lipinski definition) is 5. The van der Waals surface area contributed by atoms with E-state index in [0.717, 1.165) is 42.3 Å². The summed E-state index contributed by atoms with van der Waals surface area (Å²) >= 11 is 4.16. The molecule has 1 rings (SSSR count). The largest absolute Gasteiger partial charge is 0.496 e. The molecule has 0 saturated carbocycles. The smallest absolute Gasteiger partial charge is 0.126 e. The fourth-order valence-corrected chi connectivity index (χ4v) is 1.84. The summed E-state index contributed by atoms with van der Waals surface area (Å²) in [5.41, 5.74) is 5.79. The standard InChI is InChI=1S/C14H23NO3S/c1-16-12-7-13(17-2)9-14(8-12)18-6-4-3-5-11(15)10-19/h7-9,11,19H,3-6,10,15H2,1-2H3/t11-/m1/s1. The first kappa shape index (κ1) is 16.0. The Morgan fingerprint density at radius 2 is 1.63 bits per heavy atom. The van der Waals surface area contributed by atoms with Gasteiger partial charge in [0.2, 0.25) is 0 Å². The Kier molecular flexibility index (Phi) is 7.52. The van der Waals surface area contributed by atoms with Crippen LogP contribution in [0.1, 0.15) is 19.3 Å². The van der Waals surface area contributed by atoms with Crippen LogP contribution in [0.2, 0.25) is 0 Å². The number of ether oxygens (including phenoxy) is 3. The highest BCUT2D eigenvalue weighted by molar-refractivity contribution is 7.80. The molecule has 0 aliphatic heterocycles. The molecule has 0 aliphatic rings.